The Hall–Kier alpha value is -4.67. The van der Waals surface area contributed by atoms with Gasteiger partial charge in [-0.15, -0.1) is 0 Å². The Morgan fingerprint density at radius 2 is 1.86 bits per heavy atom. The number of aromatic nitrogens is 3. The van der Waals surface area contributed by atoms with Crippen molar-refractivity contribution < 1.29 is 24.1 Å². The van der Waals surface area contributed by atoms with Gasteiger partial charge in [0.05, 0.1) is 17.2 Å². The van der Waals surface area contributed by atoms with Gasteiger partial charge in [0.25, 0.3) is 0 Å². The van der Waals surface area contributed by atoms with Gasteiger partial charge in [-0.25, -0.2) is 14.6 Å². The number of nitrogens with two attached hydrogens (primary N) is 1. The molecule has 0 aliphatic carbocycles. The number of carboxylic acid groups (broad SMARTS) is 1. The fraction of sp³-hybridized carbons (Fsp3) is 0.240. The van der Waals surface area contributed by atoms with Gasteiger partial charge in [-0.05, 0) is 55.3 Å². The SMILES string of the molecule is Nc1nccc2c1n(-c1ccc(Oc3ccc4c(c3)OCO4)cc1)c(=O)n2C1CCCN(C(=O)O)C1. The topological polar surface area (TPSA) is 134 Å². The van der Waals surface area contributed by atoms with Crippen molar-refractivity contribution >= 4 is 22.9 Å². The fourth-order valence-electron chi connectivity index (χ4n) is 4.86. The highest BCUT2D eigenvalue weighted by atomic mass is 16.7. The number of anilines is 1. The van der Waals surface area contributed by atoms with Crippen LogP contribution < -0.4 is 25.6 Å². The van der Waals surface area contributed by atoms with Gasteiger partial charge in [0, 0.05) is 25.4 Å². The van der Waals surface area contributed by atoms with Crippen molar-refractivity contribution in [1.29, 1.82) is 0 Å². The lowest BCUT2D eigenvalue weighted by Gasteiger charge is -2.31. The normalized spacial score (nSPS) is 16.9. The van der Waals surface area contributed by atoms with Crippen molar-refractivity contribution in [2.75, 3.05) is 25.6 Å². The summed E-state index contributed by atoms with van der Waals surface area (Å²) in [7, 11) is 0. The van der Waals surface area contributed by atoms with E-state index < -0.39 is 6.09 Å². The van der Waals surface area contributed by atoms with Crippen LogP contribution in [-0.2, 0) is 0 Å². The van der Waals surface area contributed by atoms with Gasteiger partial charge < -0.3 is 30.0 Å². The number of amides is 1. The van der Waals surface area contributed by atoms with Crippen LogP contribution in [0.4, 0.5) is 10.6 Å². The van der Waals surface area contributed by atoms with E-state index in [-0.39, 0.29) is 30.9 Å². The average Bonchev–Trinajstić information content (AvgIpc) is 3.47. The third-order valence-corrected chi connectivity index (χ3v) is 6.52. The summed E-state index contributed by atoms with van der Waals surface area (Å²) in [5, 5.41) is 9.47. The molecule has 11 nitrogen and oxygen atoms in total. The van der Waals surface area contributed by atoms with Crippen LogP contribution >= 0.6 is 0 Å². The molecule has 1 saturated heterocycles. The molecule has 2 aliphatic heterocycles. The summed E-state index contributed by atoms with van der Waals surface area (Å²) in [6, 6.07) is 13.8. The first-order chi connectivity index (χ1) is 17.5. The molecule has 184 valence electrons. The van der Waals surface area contributed by atoms with Gasteiger partial charge in [0.2, 0.25) is 6.79 Å². The van der Waals surface area contributed by atoms with Crippen molar-refractivity contribution in [1.82, 2.24) is 19.0 Å². The molecule has 11 heteroatoms. The number of nitrogen functional groups attached to an aromatic ring is 1. The molecule has 3 N–H and O–H groups in total. The molecular weight excluding hydrogens is 466 g/mol. The monoisotopic (exact) mass is 489 g/mol. The van der Waals surface area contributed by atoms with Crippen molar-refractivity contribution in [3.63, 3.8) is 0 Å². The van der Waals surface area contributed by atoms with Crippen molar-refractivity contribution in [2.24, 2.45) is 0 Å². The van der Waals surface area contributed by atoms with Gasteiger partial charge in [-0.2, -0.15) is 0 Å². The number of nitrogens with zero attached hydrogens (tertiary/aromatic N) is 4. The number of rotatable bonds is 4. The molecule has 1 amide bonds. The second-order valence-electron chi connectivity index (χ2n) is 8.69. The van der Waals surface area contributed by atoms with E-state index in [1.165, 1.54) is 9.47 Å². The Kier molecular flexibility index (Phi) is 5.17. The van der Waals surface area contributed by atoms with Gasteiger partial charge >= 0.3 is 11.8 Å². The first-order valence-corrected chi connectivity index (χ1v) is 11.5. The number of benzene rings is 2. The molecule has 1 atom stereocenters. The molecule has 0 bridgehead atoms. The van der Waals surface area contributed by atoms with E-state index >= 15 is 0 Å². The van der Waals surface area contributed by atoms with Crippen molar-refractivity contribution in [3.05, 3.63) is 65.2 Å². The maximum absolute atomic E-state index is 13.7. The minimum Gasteiger partial charge on any atom is -0.465 e. The first kappa shape index (κ1) is 21.8. The standard InChI is InChI=1S/C25H23N5O6/c26-23-22-19(9-10-27-23)29(16-2-1-11-28(13-16)25(32)33)24(31)30(22)15-3-5-17(6-4-15)36-18-7-8-20-21(12-18)35-14-34-20/h3-10,12,16H,1-2,11,13-14H2,(H2,26,27)(H,32,33). The minimum absolute atomic E-state index is 0.184. The Labute approximate surface area is 204 Å². The van der Waals surface area contributed by atoms with Gasteiger partial charge in [0.15, 0.2) is 11.5 Å². The molecule has 0 spiro atoms. The summed E-state index contributed by atoms with van der Waals surface area (Å²) in [6.07, 6.45) is 1.92. The van der Waals surface area contributed by atoms with Gasteiger partial charge in [-0.1, -0.05) is 0 Å². The molecule has 0 saturated carbocycles. The number of hydrogen-bond donors (Lipinski definition) is 2. The number of pyridine rings is 1. The second-order valence-corrected chi connectivity index (χ2v) is 8.69. The predicted octanol–water partition coefficient (Wildman–Crippen LogP) is 3.61. The first-order valence-electron chi connectivity index (χ1n) is 11.5. The quantitative estimate of drug-likeness (QED) is 0.444. The number of likely N-dealkylation sites (tertiary alicyclic amines) is 1. The molecule has 36 heavy (non-hydrogen) atoms. The highest BCUT2D eigenvalue weighted by Crippen LogP contribution is 2.37. The summed E-state index contributed by atoms with van der Waals surface area (Å²) >= 11 is 0. The zero-order chi connectivity index (χ0) is 24.8. The van der Waals surface area contributed by atoms with E-state index in [0.29, 0.717) is 59.1 Å². The number of imidazole rings is 1. The number of hydrogen-bond acceptors (Lipinski definition) is 7. The zero-order valence-corrected chi connectivity index (χ0v) is 19.2. The van der Waals surface area contributed by atoms with Crippen LogP contribution in [0.2, 0.25) is 0 Å². The maximum Gasteiger partial charge on any atom is 0.407 e. The van der Waals surface area contributed by atoms with Crippen LogP contribution in [0, 0.1) is 0 Å². The molecule has 2 aromatic carbocycles. The Balaban J connectivity index is 1.36. The van der Waals surface area contributed by atoms with Crippen LogP contribution in [0.5, 0.6) is 23.0 Å². The Bertz CT molecular complexity index is 1530. The predicted molar refractivity (Wildman–Crippen MR) is 130 cm³/mol. The fourth-order valence-corrected chi connectivity index (χ4v) is 4.86. The third-order valence-electron chi connectivity index (χ3n) is 6.52. The van der Waals surface area contributed by atoms with E-state index in [4.69, 9.17) is 19.9 Å². The van der Waals surface area contributed by atoms with Crippen LogP contribution in [-0.4, -0.2) is 50.1 Å². The highest BCUT2D eigenvalue weighted by molar-refractivity contribution is 5.87. The van der Waals surface area contributed by atoms with Gasteiger partial charge in [0.1, 0.15) is 22.8 Å². The van der Waals surface area contributed by atoms with E-state index in [2.05, 4.69) is 4.98 Å². The van der Waals surface area contributed by atoms with Crippen LogP contribution in [0.1, 0.15) is 18.9 Å². The summed E-state index contributed by atoms with van der Waals surface area (Å²) < 4.78 is 19.8. The van der Waals surface area contributed by atoms with Crippen molar-refractivity contribution in [3.8, 4) is 28.7 Å². The number of fused-ring (bicyclic) bond motifs is 2. The molecule has 6 rings (SSSR count). The molecule has 1 fully saturated rings. The zero-order valence-electron chi connectivity index (χ0n) is 19.2. The largest absolute Gasteiger partial charge is 0.465 e. The number of piperidine rings is 1. The van der Waals surface area contributed by atoms with E-state index in [0.717, 1.165) is 0 Å². The Morgan fingerprint density at radius 3 is 2.67 bits per heavy atom. The molecule has 0 radical (unpaired) electrons. The second kappa shape index (κ2) is 8.52. The molecular formula is C25H23N5O6. The lowest BCUT2D eigenvalue weighted by Crippen LogP contribution is -2.42. The van der Waals surface area contributed by atoms with E-state index in [1.807, 2.05) is 0 Å². The number of ether oxygens (including phenoxy) is 3. The molecule has 4 aromatic rings. The molecule has 4 heterocycles. The van der Waals surface area contributed by atoms with Crippen molar-refractivity contribution in [2.45, 2.75) is 18.9 Å². The average molecular weight is 489 g/mol. The summed E-state index contributed by atoms with van der Waals surface area (Å²) in [6.45, 7) is 0.871. The lowest BCUT2D eigenvalue weighted by atomic mass is 10.1. The Morgan fingerprint density at radius 1 is 1.08 bits per heavy atom. The lowest BCUT2D eigenvalue weighted by molar-refractivity contribution is 0.121. The van der Waals surface area contributed by atoms with Gasteiger partial charge in [-0.3, -0.25) is 9.13 Å². The number of carbonyl (C=O) groups is 1. The van der Waals surface area contributed by atoms with Crippen LogP contribution in [0.25, 0.3) is 16.7 Å². The highest BCUT2D eigenvalue weighted by Gasteiger charge is 2.29. The molecule has 2 aromatic heterocycles. The minimum atomic E-state index is -0.990. The smallest absolute Gasteiger partial charge is 0.407 e. The van der Waals surface area contributed by atoms with Crippen LogP contribution in [0.15, 0.2) is 59.5 Å². The van der Waals surface area contributed by atoms with E-state index in [1.54, 1.807) is 59.3 Å². The maximum atomic E-state index is 13.7. The molecule has 1 unspecified atom stereocenters. The van der Waals surface area contributed by atoms with Crippen LogP contribution in [0.3, 0.4) is 0 Å². The summed E-state index contributed by atoms with van der Waals surface area (Å²) in [4.78, 5) is 30.8. The molecule has 2 aliphatic rings. The summed E-state index contributed by atoms with van der Waals surface area (Å²) in [5.41, 5.74) is 7.62. The van der Waals surface area contributed by atoms with E-state index in [9.17, 15) is 14.7 Å². The third kappa shape index (κ3) is 3.65. The summed E-state index contributed by atoms with van der Waals surface area (Å²) in [5.74, 6) is 2.68.